The molecule has 0 aromatic heterocycles. The van der Waals surface area contributed by atoms with Crippen LogP contribution in [0.1, 0.15) is 232 Å². The number of ether oxygens (including phenoxy) is 2. The lowest BCUT2D eigenvalue weighted by Gasteiger charge is -2.16. The molecule has 0 saturated heterocycles. The number of carbonyl (C=O) groups excluding carboxylic acids is 1. The molecule has 0 aromatic carbocycles. The first-order valence-electron chi connectivity index (χ1n) is 23.9. The fraction of sp³-hybridized carbons (Fsp3) is 0.784. The van der Waals surface area contributed by atoms with Gasteiger partial charge < -0.3 is 14.6 Å². The minimum Gasteiger partial charge on any atom is -0.457 e. The van der Waals surface area contributed by atoms with Crippen molar-refractivity contribution in [2.45, 2.75) is 238 Å². The number of aliphatic hydroxyl groups excluding tert-OH is 1. The Morgan fingerprint density at radius 2 is 0.818 bits per heavy atom. The SMILES string of the molecule is CC/C=C\C/C=C\C/C=C\C/C=C\CCCCCCCCCCC(=O)OC(CO)COCCCCCCCCCCCC/C=C\CCCCCCCCCC. The van der Waals surface area contributed by atoms with E-state index in [1.165, 1.54) is 167 Å². The summed E-state index contributed by atoms with van der Waals surface area (Å²) in [6, 6.07) is 0. The molecule has 0 heterocycles. The average Bonchev–Trinajstić information content (AvgIpc) is 3.19. The van der Waals surface area contributed by atoms with E-state index in [9.17, 15) is 9.90 Å². The number of hydrogen-bond donors (Lipinski definition) is 1. The Kier molecular flexibility index (Phi) is 46.6. The van der Waals surface area contributed by atoms with Gasteiger partial charge in [-0.05, 0) is 77.0 Å². The smallest absolute Gasteiger partial charge is 0.306 e. The van der Waals surface area contributed by atoms with Crippen molar-refractivity contribution in [3.63, 3.8) is 0 Å². The van der Waals surface area contributed by atoms with Gasteiger partial charge >= 0.3 is 5.97 Å². The molecule has 0 aliphatic rings. The van der Waals surface area contributed by atoms with Crippen LogP contribution >= 0.6 is 0 Å². The first kappa shape index (κ1) is 53.1. The molecule has 0 spiro atoms. The van der Waals surface area contributed by atoms with Crippen LogP contribution in [0.4, 0.5) is 0 Å². The highest BCUT2D eigenvalue weighted by Gasteiger charge is 2.13. The van der Waals surface area contributed by atoms with Crippen LogP contribution in [0.25, 0.3) is 0 Å². The van der Waals surface area contributed by atoms with Gasteiger partial charge in [-0.2, -0.15) is 0 Å². The van der Waals surface area contributed by atoms with Gasteiger partial charge in [0.15, 0.2) is 0 Å². The lowest BCUT2D eigenvalue weighted by molar-refractivity contribution is -0.154. The van der Waals surface area contributed by atoms with E-state index in [-0.39, 0.29) is 12.6 Å². The van der Waals surface area contributed by atoms with Crippen molar-refractivity contribution in [3.8, 4) is 0 Å². The maximum Gasteiger partial charge on any atom is 0.306 e. The number of rotatable bonds is 44. The van der Waals surface area contributed by atoms with E-state index in [1.807, 2.05) is 0 Å². The van der Waals surface area contributed by atoms with Crippen LogP contribution in [0.2, 0.25) is 0 Å². The summed E-state index contributed by atoms with van der Waals surface area (Å²) >= 11 is 0. The van der Waals surface area contributed by atoms with Gasteiger partial charge in [0, 0.05) is 13.0 Å². The molecule has 1 unspecified atom stereocenters. The third-order valence-electron chi connectivity index (χ3n) is 10.3. The van der Waals surface area contributed by atoms with E-state index in [0.717, 1.165) is 44.9 Å². The second kappa shape index (κ2) is 48.2. The van der Waals surface area contributed by atoms with Crippen molar-refractivity contribution in [3.05, 3.63) is 60.8 Å². The molecule has 0 rings (SSSR count). The van der Waals surface area contributed by atoms with Gasteiger partial charge in [0.1, 0.15) is 6.10 Å². The third-order valence-corrected chi connectivity index (χ3v) is 10.3. The first-order chi connectivity index (χ1) is 27.2. The van der Waals surface area contributed by atoms with Crippen LogP contribution in [0.5, 0.6) is 0 Å². The van der Waals surface area contributed by atoms with E-state index in [0.29, 0.717) is 19.6 Å². The van der Waals surface area contributed by atoms with Gasteiger partial charge in [-0.25, -0.2) is 0 Å². The Morgan fingerprint density at radius 1 is 0.455 bits per heavy atom. The van der Waals surface area contributed by atoms with Crippen LogP contribution in [0.15, 0.2) is 60.8 Å². The van der Waals surface area contributed by atoms with Gasteiger partial charge in [-0.15, -0.1) is 0 Å². The lowest BCUT2D eigenvalue weighted by atomic mass is 10.1. The maximum absolute atomic E-state index is 12.2. The second-order valence-electron chi connectivity index (χ2n) is 15.8. The third kappa shape index (κ3) is 46.4. The summed E-state index contributed by atoms with van der Waals surface area (Å²) in [4.78, 5) is 12.2. The topological polar surface area (TPSA) is 55.8 Å². The summed E-state index contributed by atoms with van der Waals surface area (Å²) in [5.74, 6) is -0.209. The summed E-state index contributed by atoms with van der Waals surface area (Å²) in [5.41, 5.74) is 0. The van der Waals surface area contributed by atoms with Crippen LogP contribution in [-0.2, 0) is 14.3 Å². The molecular weight excluding hydrogens is 677 g/mol. The van der Waals surface area contributed by atoms with Crippen LogP contribution in [0.3, 0.4) is 0 Å². The molecule has 0 aromatic rings. The highest BCUT2D eigenvalue weighted by Crippen LogP contribution is 2.14. The molecule has 0 radical (unpaired) electrons. The quantitative estimate of drug-likeness (QED) is 0.0381. The van der Waals surface area contributed by atoms with Gasteiger partial charge in [-0.1, -0.05) is 209 Å². The monoisotopic (exact) mass is 769 g/mol. The van der Waals surface area contributed by atoms with Crippen molar-refractivity contribution in [2.24, 2.45) is 0 Å². The van der Waals surface area contributed by atoms with E-state index in [2.05, 4.69) is 74.6 Å². The van der Waals surface area contributed by atoms with Crippen molar-refractivity contribution < 1.29 is 19.4 Å². The zero-order valence-electron chi connectivity index (χ0n) is 36.7. The second-order valence-corrected chi connectivity index (χ2v) is 15.8. The molecule has 0 saturated carbocycles. The number of unbranched alkanes of at least 4 members (excludes halogenated alkanes) is 26. The van der Waals surface area contributed by atoms with Crippen LogP contribution < -0.4 is 0 Å². The summed E-state index contributed by atoms with van der Waals surface area (Å²) in [6.07, 6.45) is 64.4. The average molecular weight is 769 g/mol. The Labute approximate surface area is 343 Å². The Bertz CT molecular complexity index is 900. The summed E-state index contributed by atoms with van der Waals surface area (Å²) in [5, 5.41) is 9.63. The molecule has 0 fully saturated rings. The molecule has 0 aliphatic carbocycles. The van der Waals surface area contributed by atoms with E-state index in [1.54, 1.807) is 0 Å². The molecule has 0 aliphatic heterocycles. The summed E-state index contributed by atoms with van der Waals surface area (Å²) < 4.78 is 11.2. The minimum atomic E-state index is -0.542. The Hall–Kier alpha value is -1.91. The molecule has 0 bridgehead atoms. The number of carbonyl (C=O) groups is 1. The van der Waals surface area contributed by atoms with Crippen LogP contribution in [0, 0.1) is 0 Å². The van der Waals surface area contributed by atoms with E-state index >= 15 is 0 Å². The number of hydrogen-bond acceptors (Lipinski definition) is 4. The van der Waals surface area contributed by atoms with E-state index < -0.39 is 6.10 Å². The molecule has 4 nitrogen and oxygen atoms in total. The fourth-order valence-corrected chi connectivity index (χ4v) is 6.79. The molecule has 4 heteroatoms. The fourth-order valence-electron chi connectivity index (χ4n) is 6.79. The zero-order chi connectivity index (χ0) is 39.8. The summed E-state index contributed by atoms with van der Waals surface area (Å²) in [6.45, 7) is 5.24. The zero-order valence-corrected chi connectivity index (χ0v) is 36.7. The van der Waals surface area contributed by atoms with Crippen molar-refractivity contribution in [1.82, 2.24) is 0 Å². The predicted octanol–water partition coefficient (Wildman–Crippen LogP) is 16.0. The lowest BCUT2D eigenvalue weighted by Crippen LogP contribution is -2.27. The molecule has 0 amide bonds. The largest absolute Gasteiger partial charge is 0.457 e. The van der Waals surface area contributed by atoms with Gasteiger partial charge in [-0.3, -0.25) is 4.79 Å². The Morgan fingerprint density at radius 3 is 1.25 bits per heavy atom. The Balaban J connectivity index is 3.43. The predicted molar refractivity (Wildman–Crippen MR) is 242 cm³/mol. The van der Waals surface area contributed by atoms with Crippen molar-refractivity contribution >= 4 is 5.97 Å². The first-order valence-corrected chi connectivity index (χ1v) is 23.9. The van der Waals surface area contributed by atoms with Crippen LogP contribution in [-0.4, -0.2) is 37.0 Å². The summed E-state index contributed by atoms with van der Waals surface area (Å²) in [7, 11) is 0. The molecule has 1 N–H and O–H groups in total. The van der Waals surface area contributed by atoms with Gasteiger partial charge in [0.05, 0.1) is 13.2 Å². The number of allylic oxidation sites excluding steroid dienone is 10. The molecule has 1 atom stereocenters. The van der Waals surface area contributed by atoms with E-state index in [4.69, 9.17) is 9.47 Å². The molecule has 320 valence electrons. The normalized spacial score (nSPS) is 12.9. The number of esters is 1. The van der Waals surface area contributed by atoms with Crippen molar-refractivity contribution in [1.29, 1.82) is 0 Å². The minimum absolute atomic E-state index is 0.177. The van der Waals surface area contributed by atoms with Crippen molar-refractivity contribution in [2.75, 3.05) is 19.8 Å². The van der Waals surface area contributed by atoms with Gasteiger partial charge in [0.2, 0.25) is 0 Å². The maximum atomic E-state index is 12.2. The highest BCUT2D eigenvalue weighted by atomic mass is 16.6. The number of aliphatic hydroxyl groups is 1. The highest BCUT2D eigenvalue weighted by molar-refractivity contribution is 5.69. The standard InChI is InChI=1S/C51H92O4/c1-3-5-7-9-11-13-15-17-19-21-23-25-27-29-31-33-35-37-39-41-43-45-47-54-49-50(48-52)55-51(53)46-44-42-40-38-36-34-32-30-28-26-24-22-20-18-16-14-12-10-8-6-4-2/h6,8,12,14,18,20-21,23-24,26,50,52H,3-5,7,9-11,13,15-17,19,22,25,27-49H2,1-2H3/b8-6-,14-12-,20-18-,23-21-,26-24-. The molecular formula is C51H92O4. The molecule has 55 heavy (non-hydrogen) atoms. The van der Waals surface area contributed by atoms with Gasteiger partial charge in [0.25, 0.3) is 0 Å².